The first kappa shape index (κ1) is 12.1. The van der Waals surface area contributed by atoms with E-state index in [2.05, 4.69) is 5.32 Å². The van der Waals surface area contributed by atoms with E-state index in [1.54, 1.807) is 17.4 Å². The molecule has 0 fully saturated rings. The number of carbonyl (C=O) groups excluding carboxylic acids is 1. The molecular formula is C13H12ClNOS. The van der Waals surface area contributed by atoms with Crippen molar-refractivity contribution in [3.05, 3.63) is 51.2 Å². The van der Waals surface area contributed by atoms with Crippen LogP contribution in [0.2, 0.25) is 5.02 Å². The summed E-state index contributed by atoms with van der Waals surface area (Å²) < 4.78 is 0. The van der Waals surface area contributed by atoms with E-state index in [1.165, 1.54) is 0 Å². The average Bonchev–Trinajstić information content (AvgIpc) is 2.75. The zero-order valence-electron chi connectivity index (χ0n) is 9.37. The Kier molecular flexibility index (Phi) is 3.82. The molecule has 1 aromatic carbocycles. The molecule has 0 unspecified atom stereocenters. The highest BCUT2D eigenvalue weighted by atomic mass is 35.5. The number of thiophene rings is 1. The first-order chi connectivity index (χ1) is 8.15. The molecule has 1 heterocycles. The molecule has 0 saturated carbocycles. The molecule has 1 amide bonds. The van der Waals surface area contributed by atoms with Gasteiger partial charge in [0.05, 0.1) is 6.42 Å². The molecule has 2 rings (SSSR count). The van der Waals surface area contributed by atoms with Crippen molar-refractivity contribution in [2.45, 2.75) is 13.3 Å². The molecule has 0 aliphatic heterocycles. The standard InChI is InChI=1S/C13H12ClNOS/c1-9-7-10(14)4-5-12(9)15-13(16)8-11-3-2-6-17-11/h2-7H,8H2,1H3,(H,15,16). The molecule has 0 radical (unpaired) electrons. The van der Waals surface area contributed by atoms with Gasteiger partial charge >= 0.3 is 0 Å². The minimum absolute atomic E-state index is 0.00197. The molecule has 17 heavy (non-hydrogen) atoms. The SMILES string of the molecule is Cc1cc(Cl)ccc1NC(=O)Cc1cccs1. The van der Waals surface area contributed by atoms with E-state index in [-0.39, 0.29) is 5.91 Å². The zero-order valence-corrected chi connectivity index (χ0v) is 10.9. The van der Waals surface area contributed by atoms with Gasteiger partial charge < -0.3 is 5.32 Å². The zero-order chi connectivity index (χ0) is 12.3. The summed E-state index contributed by atoms with van der Waals surface area (Å²) in [4.78, 5) is 12.8. The molecule has 2 nitrogen and oxygen atoms in total. The summed E-state index contributed by atoms with van der Waals surface area (Å²) in [6, 6.07) is 9.33. The van der Waals surface area contributed by atoms with Gasteiger partial charge in [-0.1, -0.05) is 17.7 Å². The number of aryl methyl sites for hydroxylation is 1. The predicted octanol–water partition coefficient (Wildman–Crippen LogP) is 3.89. The molecule has 0 aliphatic rings. The maximum atomic E-state index is 11.8. The Morgan fingerprint density at radius 2 is 2.24 bits per heavy atom. The monoisotopic (exact) mass is 265 g/mol. The summed E-state index contributed by atoms with van der Waals surface area (Å²) >= 11 is 7.44. The van der Waals surface area contributed by atoms with Crippen LogP contribution in [0.5, 0.6) is 0 Å². The van der Waals surface area contributed by atoms with Crippen LogP contribution in [-0.2, 0) is 11.2 Å². The van der Waals surface area contributed by atoms with E-state index >= 15 is 0 Å². The van der Waals surface area contributed by atoms with Crippen LogP contribution < -0.4 is 5.32 Å². The molecule has 0 aliphatic carbocycles. The van der Waals surface area contributed by atoms with Crippen LogP contribution in [0.15, 0.2) is 35.7 Å². The van der Waals surface area contributed by atoms with E-state index in [0.717, 1.165) is 16.1 Å². The van der Waals surface area contributed by atoms with Gasteiger partial charge in [0.15, 0.2) is 0 Å². The molecule has 88 valence electrons. The molecule has 1 aromatic heterocycles. The Bertz CT molecular complexity index is 522. The third kappa shape index (κ3) is 3.32. The van der Waals surface area contributed by atoms with E-state index in [1.807, 2.05) is 36.6 Å². The lowest BCUT2D eigenvalue weighted by atomic mass is 10.2. The highest BCUT2D eigenvalue weighted by Crippen LogP contribution is 2.20. The van der Waals surface area contributed by atoms with Crippen molar-refractivity contribution in [2.24, 2.45) is 0 Å². The van der Waals surface area contributed by atoms with Gasteiger partial charge in [0.1, 0.15) is 0 Å². The first-order valence-corrected chi connectivity index (χ1v) is 6.49. The number of halogens is 1. The smallest absolute Gasteiger partial charge is 0.229 e. The van der Waals surface area contributed by atoms with Crippen molar-refractivity contribution >= 4 is 34.5 Å². The maximum absolute atomic E-state index is 11.8. The quantitative estimate of drug-likeness (QED) is 0.896. The van der Waals surface area contributed by atoms with Gasteiger partial charge in [-0.15, -0.1) is 11.3 Å². The fourth-order valence-electron chi connectivity index (χ4n) is 1.53. The van der Waals surface area contributed by atoms with Gasteiger partial charge in [0.2, 0.25) is 5.91 Å². The van der Waals surface area contributed by atoms with Crippen LogP contribution in [0.1, 0.15) is 10.4 Å². The second kappa shape index (κ2) is 5.34. The van der Waals surface area contributed by atoms with Crippen molar-refractivity contribution in [2.75, 3.05) is 5.32 Å². The number of rotatable bonds is 3. The van der Waals surface area contributed by atoms with Gasteiger partial charge in [-0.2, -0.15) is 0 Å². The molecule has 4 heteroatoms. The van der Waals surface area contributed by atoms with E-state index < -0.39 is 0 Å². The summed E-state index contributed by atoms with van der Waals surface area (Å²) in [6.45, 7) is 1.92. The number of benzene rings is 1. The highest BCUT2D eigenvalue weighted by Gasteiger charge is 2.06. The lowest BCUT2D eigenvalue weighted by molar-refractivity contribution is -0.115. The lowest BCUT2D eigenvalue weighted by Gasteiger charge is -2.07. The van der Waals surface area contributed by atoms with Crippen LogP contribution in [0.3, 0.4) is 0 Å². The Morgan fingerprint density at radius 1 is 1.41 bits per heavy atom. The Hall–Kier alpha value is -1.32. The fourth-order valence-corrected chi connectivity index (χ4v) is 2.46. The van der Waals surface area contributed by atoms with Crippen molar-refractivity contribution in [1.29, 1.82) is 0 Å². The summed E-state index contributed by atoms with van der Waals surface area (Å²) in [6.07, 6.45) is 0.416. The summed E-state index contributed by atoms with van der Waals surface area (Å²) in [5.41, 5.74) is 1.79. The molecule has 2 aromatic rings. The summed E-state index contributed by atoms with van der Waals surface area (Å²) in [7, 11) is 0. The minimum atomic E-state index is -0.00197. The van der Waals surface area contributed by atoms with Crippen molar-refractivity contribution in [3.8, 4) is 0 Å². The number of amides is 1. The molecule has 0 spiro atoms. The van der Waals surface area contributed by atoms with Crippen LogP contribution in [0.25, 0.3) is 0 Å². The normalized spacial score (nSPS) is 10.2. The van der Waals surface area contributed by atoms with Crippen LogP contribution in [-0.4, -0.2) is 5.91 Å². The number of carbonyl (C=O) groups is 1. The van der Waals surface area contributed by atoms with Crippen LogP contribution in [0, 0.1) is 6.92 Å². The maximum Gasteiger partial charge on any atom is 0.229 e. The topological polar surface area (TPSA) is 29.1 Å². The molecule has 1 N–H and O–H groups in total. The largest absolute Gasteiger partial charge is 0.326 e. The van der Waals surface area contributed by atoms with Gasteiger partial charge in [-0.05, 0) is 42.1 Å². The van der Waals surface area contributed by atoms with Crippen molar-refractivity contribution in [3.63, 3.8) is 0 Å². The summed E-state index contributed by atoms with van der Waals surface area (Å²) in [5.74, 6) is -0.00197. The van der Waals surface area contributed by atoms with Crippen molar-refractivity contribution in [1.82, 2.24) is 0 Å². The van der Waals surface area contributed by atoms with Crippen LogP contribution >= 0.6 is 22.9 Å². The number of anilines is 1. The first-order valence-electron chi connectivity index (χ1n) is 5.23. The second-order valence-corrected chi connectivity index (χ2v) is 5.23. The van der Waals surface area contributed by atoms with Crippen molar-refractivity contribution < 1.29 is 4.79 Å². The average molecular weight is 266 g/mol. The van der Waals surface area contributed by atoms with Gasteiger partial charge in [0.25, 0.3) is 0 Å². The van der Waals surface area contributed by atoms with Gasteiger partial charge in [-0.25, -0.2) is 0 Å². The van der Waals surface area contributed by atoms with E-state index in [0.29, 0.717) is 11.4 Å². The van der Waals surface area contributed by atoms with Gasteiger partial charge in [-0.3, -0.25) is 4.79 Å². The predicted molar refractivity (Wildman–Crippen MR) is 72.8 cm³/mol. The number of hydrogen-bond donors (Lipinski definition) is 1. The highest BCUT2D eigenvalue weighted by molar-refractivity contribution is 7.10. The molecule has 0 bridgehead atoms. The molecular weight excluding hydrogens is 254 g/mol. The molecule has 0 atom stereocenters. The fraction of sp³-hybridized carbons (Fsp3) is 0.154. The van der Waals surface area contributed by atoms with E-state index in [4.69, 9.17) is 11.6 Å². The lowest BCUT2D eigenvalue weighted by Crippen LogP contribution is -2.14. The minimum Gasteiger partial charge on any atom is -0.326 e. The Labute approximate surface area is 109 Å². The van der Waals surface area contributed by atoms with Gasteiger partial charge in [0, 0.05) is 15.6 Å². The Morgan fingerprint density at radius 3 is 2.88 bits per heavy atom. The summed E-state index contributed by atoms with van der Waals surface area (Å²) in [5, 5.41) is 5.53. The number of nitrogens with one attached hydrogen (secondary N) is 1. The van der Waals surface area contributed by atoms with Crippen LogP contribution in [0.4, 0.5) is 5.69 Å². The third-order valence-electron chi connectivity index (χ3n) is 2.38. The number of hydrogen-bond acceptors (Lipinski definition) is 2. The Balaban J connectivity index is 2.03. The van der Waals surface area contributed by atoms with E-state index in [9.17, 15) is 4.79 Å². The second-order valence-electron chi connectivity index (χ2n) is 3.76. The molecule has 0 saturated heterocycles. The third-order valence-corrected chi connectivity index (χ3v) is 3.49.